The van der Waals surface area contributed by atoms with Gasteiger partial charge >= 0.3 is 0 Å². The molecule has 146 valence electrons. The molecular formula is C24H22N2O3. The largest absolute Gasteiger partial charge is 0.493 e. The van der Waals surface area contributed by atoms with Gasteiger partial charge in [0, 0.05) is 11.1 Å². The molecule has 0 aliphatic carbocycles. The van der Waals surface area contributed by atoms with Crippen molar-refractivity contribution in [2.75, 3.05) is 12.4 Å². The number of rotatable bonds is 6. The van der Waals surface area contributed by atoms with Crippen molar-refractivity contribution in [2.24, 2.45) is 0 Å². The molecule has 0 radical (unpaired) electrons. The molecule has 0 fully saturated rings. The van der Waals surface area contributed by atoms with Crippen LogP contribution in [0.5, 0.6) is 11.5 Å². The molecule has 0 saturated carbocycles. The second-order valence-electron chi connectivity index (χ2n) is 6.73. The van der Waals surface area contributed by atoms with E-state index in [4.69, 9.17) is 9.47 Å². The molecule has 1 N–H and O–H groups in total. The number of ether oxygens (including phenoxy) is 2. The number of carbonyl (C=O) groups excluding carboxylic acids is 1. The maximum absolute atomic E-state index is 12.7. The molecule has 29 heavy (non-hydrogen) atoms. The summed E-state index contributed by atoms with van der Waals surface area (Å²) in [5.41, 5.74) is 1.33. The van der Waals surface area contributed by atoms with Gasteiger partial charge in [-0.15, -0.1) is 0 Å². The number of nitrogens with one attached hydrogen (secondary N) is 1. The first kappa shape index (κ1) is 20.0. The van der Waals surface area contributed by atoms with Crippen molar-refractivity contribution in [2.45, 2.75) is 20.0 Å². The van der Waals surface area contributed by atoms with E-state index in [-0.39, 0.29) is 11.7 Å². The molecule has 5 nitrogen and oxygen atoms in total. The topological polar surface area (TPSA) is 71.3 Å². The first-order chi connectivity index (χ1) is 14.0. The van der Waals surface area contributed by atoms with Crippen LogP contribution in [0, 0.1) is 11.3 Å². The molecule has 0 spiro atoms. The lowest BCUT2D eigenvalue weighted by atomic mass is 10.1. The third-order valence-electron chi connectivity index (χ3n) is 4.26. The quantitative estimate of drug-likeness (QED) is 0.468. The van der Waals surface area contributed by atoms with Gasteiger partial charge in [0.05, 0.1) is 13.2 Å². The summed E-state index contributed by atoms with van der Waals surface area (Å²) in [5.74, 6) is 0.683. The van der Waals surface area contributed by atoms with Crippen molar-refractivity contribution < 1.29 is 14.3 Å². The van der Waals surface area contributed by atoms with Gasteiger partial charge in [-0.1, -0.05) is 42.5 Å². The van der Waals surface area contributed by atoms with Gasteiger partial charge in [-0.2, -0.15) is 5.26 Å². The van der Waals surface area contributed by atoms with Crippen LogP contribution in [-0.4, -0.2) is 19.1 Å². The molecule has 0 saturated heterocycles. The highest BCUT2D eigenvalue weighted by Gasteiger charge is 2.13. The Kier molecular flexibility index (Phi) is 6.16. The van der Waals surface area contributed by atoms with Gasteiger partial charge in [-0.05, 0) is 49.1 Å². The summed E-state index contributed by atoms with van der Waals surface area (Å²) in [6, 6.07) is 20.7. The summed E-state index contributed by atoms with van der Waals surface area (Å²) in [4.78, 5) is 12.7. The molecule has 0 unspecified atom stereocenters. The number of carbonyl (C=O) groups is 1. The summed E-state index contributed by atoms with van der Waals surface area (Å²) in [6.45, 7) is 3.86. The third kappa shape index (κ3) is 4.74. The molecule has 0 aliphatic heterocycles. The number of methoxy groups -OCH3 is 1. The summed E-state index contributed by atoms with van der Waals surface area (Å²) in [6.07, 6.45) is 1.54. The molecule has 3 aromatic carbocycles. The van der Waals surface area contributed by atoms with Gasteiger partial charge < -0.3 is 14.8 Å². The Morgan fingerprint density at radius 1 is 1.07 bits per heavy atom. The first-order valence-corrected chi connectivity index (χ1v) is 9.27. The van der Waals surface area contributed by atoms with Crippen molar-refractivity contribution in [3.8, 4) is 17.6 Å². The number of nitriles is 1. The van der Waals surface area contributed by atoms with Crippen molar-refractivity contribution in [1.29, 1.82) is 5.26 Å². The highest BCUT2D eigenvalue weighted by molar-refractivity contribution is 6.12. The van der Waals surface area contributed by atoms with E-state index in [1.807, 2.05) is 62.4 Å². The van der Waals surface area contributed by atoms with Gasteiger partial charge in [0.15, 0.2) is 11.5 Å². The lowest BCUT2D eigenvalue weighted by Gasteiger charge is -2.14. The van der Waals surface area contributed by atoms with Crippen LogP contribution in [0.2, 0.25) is 0 Å². The molecule has 0 bridgehead atoms. The van der Waals surface area contributed by atoms with E-state index in [1.165, 1.54) is 6.08 Å². The van der Waals surface area contributed by atoms with Crippen LogP contribution in [0.4, 0.5) is 5.69 Å². The van der Waals surface area contributed by atoms with Crippen LogP contribution < -0.4 is 14.8 Å². The maximum Gasteiger partial charge on any atom is 0.266 e. The van der Waals surface area contributed by atoms with E-state index >= 15 is 0 Å². The first-order valence-electron chi connectivity index (χ1n) is 9.27. The molecule has 0 atom stereocenters. The van der Waals surface area contributed by atoms with Gasteiger partial charge in [-0.25, -0.2) is 0 Å². The van der Waals surface area contributed by atoms with Crippen molar-refractivity contribution >= 4 is 28.4 Å². The van der Waals surface area contributed by atoms with E-state index in [0.717, 1.165) is 10.8 Å². The zero-order chi connectivity index (χ0) is 20.8. The summed E-state index contributed by atoms with van der Waals surface area (Å²) < 4.78 is 11.1. The standard InChI is InChI=1S/C24H22N2O3/c1-16(2)29-22-12-11-17(14-23(22)28-3)13-19(15-25)24(27)26-21-10-6-8-18-7-4-5-9-20(18)21/h4-14,16H,1-3H3,(H,26,27)/b19-13+. The van der Waals surface area contributed by atoms with Crippen LogP contribution in [0.25, 0.3) is 16.8 Å². The van der Waals surface area contributed by atoms with E-state index in [0.29, 0.717) is 22.7 Å². The SMILES string of the molecule is COc1cc(/C=C(\C#N)C(=O)Nc2cccc3ccccc23)ccc1OC(C)C. The number of anilines is 1. The Labute approximate surface area is 170 Å². The van der Waals surface area contributed by atoms with Crippen LogP contribution in [0.15, 0.2) is 66.2 Å². The Balaban J connectivity index is 1.88. The number of fused-ring (bicyclic) bond motifs is 1. The van der Waals surface area contributed by atoms with E-state index in [2.05, 4.69) is 5.32 Å². The van der Waals surface area contributed by atoms with Crippen molar-refractivity contribution in [3.05, 3.63) is 71.8 Å². The minimum atomic E-state index is -0.467. The molecule has 1 amide bonds. The van der Waals surface area contributed by atoms with E-state index in [1.54, 1.807) is 25.3 Å². The Morgan fingerprint density at radius 2 is 1.83 bits per heavy atom. The van der Waals surface area contributed by atoms with Crippen molar-refractivity contribution in [3.63, 3.8) is 0 Å². The van der Waals surface area contributed by atoms with Crippen molar-refractivity contribution in [1.82, 2.24) is 0 Å². The highest BCUT2D eigenvalue weighted by Crippen LogP contribution is 2.30. The molecule has 3 rings (SSSR count). The fourth-order valence-corrected chi connectivity index (χ4v) is 2.96. The monoisotopic (exact) mass is 386 g/mol. The molecule has 0 aliphatic rings. The zero-order valence-electron chi connectivity index (χ0n) is 16.6. The number of nitrogens with zero attached hydrogens (tertiary/aromatic N) is 1. The number of hydrogen-bond acceptors (Lipinski definition) is 4. The summed E-state index contributed by atoms with van der Waals surface area (Å²) >= 11 is 0. The number of amides is 1. The van der Waals surface area contributed by atoms with Gasteiger partial charge in [0.2, 0.25) is 0 Å². The Hall–Kier alpha value is -3.78. The molecule has 0 heterocycles. The summed E-state index contributed by atoms with van der Waals surface area (Å²) in [5, 5.41) is 14.3. The van der Waals surface area contributed by atoms with Crippen LogP contribution in [-0.2, 0) is 4.79 Å². The predicted molar refractivity (Wildman–Crippen MR) is 115 cm³/mol. The Morgan fingerprint density at radius 3 is 2.55 bits per heavy atom. The normalized spacial score (nSPS) is 11.2. The van der Waals surface area contributed by atoms with E-state index < -0.39 is 5.91 Å². The van der Waals surface area contributed by atoms with E-state index in [9.17, 15) is 10.1 Å². The Bertz CT molecular complexity index is 1110. The van der Waals surface area contributed by atoms with Crippen LogP contribution in [0.1, 0.15) is 19.4 Å². The minimum absolute atomic E-state index is 0.00230. The smallest absolute Gasteiger partial charge is 0.266 e. The second-order valence-corrected chi connectivity index (χ2v) is 6.73. The lowest BCUT2D eigenvalue weighted by molar-refractivity contribution is -0.112. The summed E-state index contributed by atoms with van der Waals surface area (Å²) in [7, 11) is 1.55. The number of hydrogen-bond donors (Lipinski definition) is 1. The lowest BCUT2D eigenvalue weighted by Crippen LogP contribution is -2.13. The van der Waals surface area contributed by atoms with Gasteiger partial charge in [-0.3, -0.25) is 4.79 Å². The third-order valence-corrected chi connectivity index (χ3v) is 4.26. The molecule has 3 aromatic rings. The average molecular weight is 386 g/mol. The fourth-order valence-electron chi connectivity index (χ4n) is 2.96. The second kappa shape index (κ2) is 8.94. The molecular weight excluding hydrogens is 364 g/mol. The average Bonchev–Trinajstić information content (AvgIpc) is 2.72. The van der Waals surface area contributed by atoms with Crippen LogP contribution in [0.3, 0.4) is 0 Å². The minimum Gasteiger partial charge on any atom is -0.493 e. The van der Waals surface area contributed by atoms with Gasteiger partial charge in [0.1, 0.15) is 11.6 Å². The van der Waals surface area contributed by atoms with Crippen LogP contribution >= 0.6 is 0 Å². The predicted octanol–water partition coefficient (Wildman–Crippen LogP) is 5.18. The highest BCUT2D eigenvalue weighted by atomic mass is 16.5. The molecule has 0 aromatic heterocycles. The maximum atomic E-state index is 12.7. The molecule has 5 heteroatoms. The number of benzene rings is 3. The zero-order valence-corrected chi connectivity index (χ0v) is 16.6. The fraction of sp³-hybridized carbons (Fsp3) is 0.167. The van der Waals surface area contributed by atoms with Gasteiger partial charge in [0.25, 0.3) is 5.91 Å².